The Morgan fingerprint density at radius 2 is 2.19 bits per heavy atom. The molecule has 122 valence electrons. The summed E-state index contributed by atoms with van der Waals surface area (Å²) in [6, 6.07) is -0.278. The molecule has 0 bridgehead atoms. The molecule has 1 aliphatic rings. The summed E-state index contributed by atoms with van der Waals surface area (Å²) in [5.74, 6) is 0.749. The Morgan fingerprint density at radius 3 is 2.71 bits per heavy atom. The van der Waals surface area contributed by atoms with Gasteiger partial charge < -0.3 is 20.3 Å². The summed E-state index contributed by atoms with van der Waals surface area (Å²) in [5.41, 5.74) is 5.75. The minimum atomic E-state index is -0.556. The van der Waals surface area contributed by atoms with Crippen molar-refractivity contribution < 1.29 is 9.90 Å². The van der Waals surface area contributed by atoms with Crippen molar-refractivity contribution in [2.45, 2.75) is 45.0 Å². The van der Waals surface area contributed by atoms with Gasteiger partial charge in [-0.05, 0) is 19.8 Å². The van der Waals surface area contributed by atoms with Crippen LogP contribution in [0.2, 0.25) is 0 Å². The zero-order valence-electron chi connectivity index (χ0n) is 12.3. The van der Waals surface area contributed by atoms with Crippen LogP contribution in [0.1, 0.15) is 25.6 Å². The molecule has 8 heteroatoms. The van der Waals surface area contributed by atoms with Crippen molar-refractivity contribution in [3.63, 3.8) is 0 Å². The van der Waals surface area contributed by atoms with E-state index in [2.05, 4.69) is 4.98 Å². The number of imidazole rings is 1. The molecular weight excluding hydrogens is 315 g/mol. The van der Waals surface area contributed by atoms with Crippen LogP contribution in [0.5, 0.6) is 0 Å². The Balaban J connectivity index is 0.00000200. The summed E-state index contributed by atoms with van der Waals surface area (Å²) < 4.78 is 2.01. The lowest BCUT2D eigenvalue weighted by atomic mass is 10.1. The Morgan fingerprint density at radius 1 is 1.52 bits per heavy atom. The first kappa shape index (κ1) is 20.2. The van der Waals surface area contributed by atoms with Gasteiger partial charge in [-0.3, -0.25) is 4.79 Å². The van der Waals surface area contributed by atoms with E-state index in [1.165, 1.54) is 0 Å². The molecule has 3 N–H and O–H groups in total. The maximum atomic E-state index is 12.3. The number of nitrogens with two attached hydrogens (primary N) is 1. The van der Waals surface area contributed by atoms with Crippen LogP contribution in [-0.4, -0.2) is 44.7 Å². The highest BCUT2D eigenvalue weighted by Crippen LogP contribution is 2.26. The number of aliphatic hydroxyl groups excluding tert-OH is 1. The first-order valence-electron chi connectivity index (χ1n) is 6.71. The van der Waals surface area contributed by atoms with Crippen molar-refractivity contribution in [1.82, 2.24) is 14.5 Å². The fourth-order valence-corrected chi connectivity index (χ4v) is 2.63. The van der Waals surface area contributed by atoms with Crippen LogP contribution < -0.4 is 5.73 Å². The van der Waals surface area contributed by atoms with Crippen LogP contribution in [-0.2, 0) is 17.9 Å². The van der Waals surface area contributed by atoms with E-state index >= 15 is 0 Å². The SMILES string of the molecule is CCn1ccnc1CN(C)C(=O)[C@H]1C[C@@H](N)[C@H](O)C1.Cl.Cl. The minimum Gasteiger partial charge on any atom is -0.391 e. The fourth-order valence-electron chi connectivity index (χ4n) is 2.63. The average molecular weight is 339 g/mol. The smallest absolute Gasteiger partial charge is 0.225 e. The number of aryl methyl sites for hydroxylation is 1. The molecule has 0 radical (unpaired) electrons. The molecule has 1 amide bonds. The summed E-state index contributed by atoms with van der Waals surface area (Å²) in [5, 5.41) is 9.63. The predicted octanol–water partition coefficient (Wildman–Crippen LogP) is 0.803. The molecular formula is C13H24Cl2N4O2. The van der Waals surface area contributed by atoms with E-state index in [9.17, 15) is 9.90 Å². The molecule has 0 aliphatic heterocycles. The maximum Gasteiger partial charge on any atom is 0.225 e. The van der Waals surface area contributed by atoms with Gasteiger partial charge >= 0.3 is 0 Å². The van der Waals surface area contributed by atoms with Crippen LogP contribution in [0.25, 0.3) is 0 Å². The summed E-state index contributed by atoms with van der Waals surface area (Å²) in [7, 11) is 1.77. The normalized spacial score (nSPS) is 24.1. The highest BCUT2D eigenvalue weighted by atomic mass is 35.5. The first-order chi connectivity index (χ1) is 9.02. The number of hydrogen-bond donors (Lipinski definition) is 2. The van der Waals surface area contributed by atoms with E-state index in [-0.39, 0.29) is 42.7 Å². The van der Waals surface area contributed by atoms with Gasteiger partial charge in [0, 0.05) is 37.9 Å². The number of carbonyl (C=O) groups is 1. The van der Waals surface area contributed by atoms with Crippen molar-refractivity contribution in [2.75, 3.05) is 7.05 Å². The molecule has 0 spiro atoms. The summed E-state index contributed by atoms with van der Waals surface area (Å²) >= 11 is 0. The Kier molecular flexibility index (Phi) is 8.25. The van der Waals surface area contributed by atoms with Gasteiger partial charge in [0.05, 0.1) is 12.6 Å². The van der Waals surface area contributed by atoms with E-state index in [0.717, 1.165) is 12.4 Å². The van der Waals surface area contributed by atoms with E-state index < -0.39 is 6.10 Å². The molecule has 0 saturated heterocycles. The van der Waals surface area contributed by atoms with Gasteiger partial charge in [-0.15, -0.1) is 24.8 Å². The third-order valence-corrected chi connectivity index (χ3v) is 3.82. The van der Waals surface area contributed by atoms with E-state index in [4.69, 9.17) is 5.73 Å². The largest absolute Gasteiger partial charge is 0.391 e. The molecule has 0 aromatic carbocycles. The van der Waals surface area contributed by atoms with Gasteiger partial charge in [0.2, 0.25) is 5.91 Å². The van der Waals surface area contributed by atoms with E-state index in [1.54, 1.807) is 18.1 Å². The summed E-state index contributed by atoms with van der Waals surface area (Å²) in [4.78, 5) is 18.2. The Bertz CT molecular complexity index is 445. The lowest BCUT2D eigenvalue weighted by Gasteiger charge is -2.21. The number of rotatable bonds is 4. The van der Waals surface area contributed by atoms with Gasteiger partial charge in [0.15, 0.2) is 0 Å². The molecule has 1 aliphatic carbocycles. The van der Waals surface area contributed by atoms with Gasteiger partial charge in [-0.2, -0.15) is 0 Å². The van der Waals surface area contributed by atoms with E-state index in [0.29, 0.717) is 19.4 Å². The Labute approximate surface area is 137 Å². The molecule has 2 rings (SSSR count). The minimum absolute atomic E-state index is 0. The number of halogens is 2. The van der Waals surface area contributed by atoms with Crippen LogP contribution in [0, 0.1) is 5.92 Å². The summed E-state index contributed by atoms with van der Waals surface area (Å²) in [6.07, 6.45) is 4.12. The van der Waals surface area contributed by atoms with Crippen molar-refractivity contribution >= 4 is 30.7 Å². The molecule has 1 fully saturated rings. The highest BCUT2D eigenvalue weighted by Gasteiger charge is 2.36. The molecule has 3 atom stereocenters. The van der Waals surface area contributed by atoms with Gasteiger partial charge in [0.1, 0.15) is 5.82 Å². The van der Waals surface area contributed by atoms with Crippen LogP contribution >= 0.6 is 24.8 Å². The molecule has 1 saturated carbocycles. The lowest BCUT2D eigenvalue weighted by Crippen LogP contribution is -2.33. The van der Waals surface area contributed by atoms with Crippen LogP contribution in [0.4, 0.5) is 0 Å². The van der Waals surface area contributed by atoms with Crippen molar-refractivity contribution in [3.05, 3.63) is 18.2 Å². The van der Waals surface area contributed by atoms with Gasteiger partial charge in [0.25, 0.3) is 0 Å². The van der Waals surface area contributed by atoms with E-state index in [1.807, 2.05) is 17.7 Å². The van der Waals surface area contributed by atoms with Gasteiger partial charge in [-0.25, -0.2) is 4.98 Å². The first-order valence-corrected chi connectivity index (χ1v) is 6.71. The van der Waals surface area contributed by atoms with Crippen LogP contribution in [0.3, 0.4) is 0 Å². The molecule has 0 unspecified atom stereocenters. The third-order valence-electron chi connectivity index (χ3n) is 3.82. The average Bonchev–Trinajstić information content (AvgIpc) is 2.96. The molecule has 21 heavy (non-hydrogen) atoms. The second-order valence-corrected chi connectivity index (χ2v) is 5.22. The van der Waals surface area contributed by atoms with Crippen molar-refractivity contribution in [3.8, 4) is 0 Å². The zero-order valence-corrected chi connectivity index (χ0v) is 13.9. The number of aliphatic hydroxyl groups is 1. The number of aromatic nitrogens is 2. The van der Waals surface area contributed by atoms with Gasteiger partial charge in [-0.1, -0.05) is 0 Å². The topological polar surface area (TPSA) is 84.4 Å². The number of amides is 1. The van der Waals surface area contributed by atoms with Crippen molar-refractivity contribution in [2.24, 2.45) is 11.7 Å². The fraction of sp³-hybridized carbons (Fsp3) is 0.692. The summed E-state index contributed by atoms with van der Waals surface area (Å²) in [6.45, 7) is 3.37. The highest BCUT2D eigenvalue weighted by molar-refractivity contribution is 5.85. The van der Waals surface area contributed by atoms with Crippen LogP contribution in [0.15, 0.2) is 12.4 Å². The monoisotopic (exact) mass is 338 g/mol. The molecule has 1 heterocycles. The standard InChI is InChI=1S/C13H22N4O2.2ClH/c1-3-17-5-4-15-12(17)8-16(2)13(19)9-6-10(14)11(18)7-9;;/h4-5,9-11,18H,3,6-8,14H2,1-2H3;2*1H/t9-,10+,11+;;/m0../s1. The molecule has 1 aromatic heterocycles. The lowest BCUT2D eigenvalue weighted by molar-refractivity contribution is -0.134. The maximum absolute atomic E-state index is 12.3. The second-order valence-electron chi connectivity index (χ2n) is 5.22. The number of nitrogens with zero attached hydrogens (tertiary/aromatic N) is 3. The van der Waals surface area contributed by atoms with Crippen molar-refractivity contribution in [1.29, 1.82) is 0 Å². The predicted molar refractivity (Wildman–Crippen MR) is 85.6 cm³/mol. The number of hydrogen-bond acceptors (Lipinski definition) is 4. The quantitative estimate of drug-likeness (QED) is 0.850. The molecule has 1 aromatic rings. The number of carbonyl (C=O) groups excluding carboxylic acids is 1. The Hall–Kier alpha value is -0.820. The molecule has 6 nitrogen and oxygen atoms in total. The zero-order chi connectivity index (χ0) is 14.0. The second kappa shape index (κ2) is 8.58. The third kappa shape index (κ3) is 4.57.